The van der Waals surface area contributed by atoms with Gasteiger partial charge in [-0.2, -0.15) is 0 Å². The van der Waals surface area contributed by atoms with Gasteiger partial charge < -0.3 is 15.3 Å². The number of aliphatic hydroxyl groups excluding tert-OH is 1. The predicted octanol–water partition coefficient (Wildman–Crippen LogP) is 1.58. The van der Waals surface area contributed by atoms with Crippen molar-refractivity contribution in [3.8, 4) is 0 Å². The second-order valence-electron chi connectivity index (χ2n) is 6.33. The normalized spacial score (nSPS) is 27.4. The molecule has 0 bridgehead atoms. The topological polar surface area (TPSA) is 55.8 Å². The van der Waals surface area contributed by atoms with Gasteiger partial charge in [0.05, 0.1) is 6.61 Å². The Labute approximate surface area is 128 Å². The molecule has 1 aliphatic carbocycles. The lowest BCUT2D eigenvalue weighted by molar-refractivity contribution is 0.0425. The molecule has 1 saturated heterocycles. The number of carbonyl (C=O) groups excluding carboxylic acids is 1. The summed E-state index contributed by atoms with van der Waals surface area (Å²) in [4.78, 5) is 16.5. The molecular weight excluding hydrogens is 266 g/mol. The van der Waals surface area contributed by atoms with E-state index in [0.29, 0.717) is 25.2 Å². The van der Waals surface area contributed by atoms with Gasteiger partial charge in [0, 0.05) is 38.3 Å². The molecule has 2 N–H and O–H groups in total. The van der Waals surface area contributed by atoms with Gasteiger partial charge in [-0.1, -0.05) is 11.6 Å². The Morgan fingerprint density at radius 1 is 1.33 bits per heavy atom. The number of nitrogens with one attached hydrogen (secondary N) is 1. The summed E-state index contributed by atoms with van der Waals surface area (Å²) in [5.41, 5.74) is 1.37. The maximum atomic E-state index is 12.3. The van der Waals surface area contributed by atoms with E-state index in [9.17, 15) is 4.79 Å². The Balaban J connectivity index is 1.81. The van der Waals surface area contributed by atoms with Crippen molar-refractivity contribution in [2.75, 3.05) is 32.8 Å². The quantitative estimate of drug-likeness (QED) is 0.774. The van der Waals surface area contributed by atoms with Gasteiger partial charge >= 0.3 is 6.03 Å². The highest BCUT2D eigenvalue weighted by Crippen LogP contribution is 2.17. The number of hydrogen-bond acceptors (Lipinski definition) is 3. The molecule has 1 heterocycles. The van der Waals surface area contributed by atoms with Crippen LogP contribution in [0.5, 0.6) is 0 Å². The van der Waals surface area contributed by atoms with Crippen LogP contribution in [0.3, 0.4) is 0 Å². The summed E-state index contributed by atoms with van der Waals surface area (Å²) in [5, 5.41) is 12.2. The van der Waals surface area contributed by atoms with Crippen LogP contribution in [0.1, 0.15) is 39.5 Å². The summed E-state index contributed by atoms with van der Waals surface area (Å²) >= 11 is 0. The first-order chi connectivity index (χ1) is 10.1. The number of urea groups is 1. The second kappa shape index (κ2) is 7.80. The number of hydrogen-bond donors (Lipinski definition) is 2. The number of β-amino-alcohol motifs (C(OH)–C–C–N with tert-alkyl or cyclic N) is 1. The lowest BCUT2D eigenvalue weighted by atomic mass is 10.00. The Hall–Kier alpha value is -1.07. The minimum Gasteiger partial charge on any atom is -0.395 e. The third kappa shape index (κ3) is 4.45. The third-order valence-corrected chi connectivity index (χ3v) is 4.60. The first-order valence-electron chi connectivity index (χ1n) is 8.19. The standard InChI is InChI=1S/C16H29N3O2/c1-13-11-18(12-14(2)19(13)8-9-20)16(21)17-10-15-6-4-3-5-7-15/h6,13-14,20H,3-5,7-12H2,1-2H3,(H,17,21)/t13-,14+. The van der Waals surface area contributed by atoms with E-state index in [4.69, 9.17) is 5.11 Å². The van der Waals surface area contributed by atoms with Crippen LogP contribution in [0.25, 0.3) is 0 Å². The van der Waals surface area contributed by atoms with Crippen LogP contribution in [0, 0.1) is 0 Å². The highest BCUT2D eigenvalue weighted by atomic mass is 16.3. The van der Waals surface area contributed by atoms with E-state index >= 15 is 0 Å². The molecular formula is C16H29N3O2. The Morgan fingerprint density at radius 2 is 2.05 bits per heavy atom. The maximum Gasteiger partial charge on any atom is 0.317 e. The molecule has 5 heteroatoms. The van der Waals surface area contributed by atoms with Gasteiger partial charge in [0.25, 0.3) is 0 Å². The van der Waals surface area contributed by atoms with Crippen LogP contribution in [-0.2, 0) is 0 Å². The second-order valence-corrected chi connectivity index (χ2v) is 6.33. The highest BCUT2D eigenvalue weighted by molar-refractivity contribution is 5.74. The fourth-order valence-electron chi connectivity index (χ4n) is 3.44. The van der Waals surface area contributed by atoms with Gasteiger partial charge in [-0.15, -0.1) is 0 Å². The molecule has 1 fully saturated rings. The van der Waals surface area contributed by atoms with Crippen molar-refractivity contribution in [2.24, 2.45) is 0 Å². The Kier molecular flexibility index (Phi) is 6.06. The number of rotatable bonds is 4. The summed E-state index contributed by atoms with van der Waals surface area (Å²) in [6.07, 6.45) is 7.07. The fraction of sp³-hybridized carbons (Fsp3) is 0.812. The van der Waals surface area contributed by atoms with Crippen molar-refractivity contribution in [3.63, 3.8) is 0 Å². The van der Waals surface area contributed by atoms with Crippen molar-refractivity contribution in [3.05, 3.63) is 11.6 Å². The van der Waals surface area contributed by atoms with E-state index < -0.39 is 0 Å². The van der Waals surface area contributed by atoms with Crippen molar-refractivity contribution < 1.29 is 9.90 Å². The van der Waals surface area contributed by atoms with Crippen molar-refractivity contribution in [1.29, 1.82) is 0 Å². The minimum atomic E-state index is 0.0452. The van der Waals surface area contributed by atoms with Gasteiger partial charge in [-0.05, 0) is 39.5 Å². The van der Waals surface area contributed by atoms with Crippen LogP contribution < -0.4 is 5.32 Å². The van der Waals surface area contributed by atoms with E-state index in [1.54, 1.807) is 0 Å². The van der Waals surface area contributed by atoms with Crippen molar-refractivity contribution in [1.82, 2.24) is 15.1 Å². The molecule has 2 amide bonds. The zero-order valence-corrected chi connectivity index (χ0v) is 13.3. The Bertz CT molecular complexity index is 372. The molecule has 0 radical (unpaired) electrons. The molecule has 0 unspecified atom stereocenters. The van der Waals surface area contributed by atoms with Gasteiger partial charge in [0.1, 0.15) is 0 Å². The van der Waals surface area contributed by atoms with Crippen LogP contribution in [0.2, 0.25) is 0 Å². The van der Waals surface area contributed by atoms with Crippen LogP contribution in [0.4, 0.5) is 4.79 Å². The molecule has 2 atom stereocenters. The summed E-state index contributed by atoms with van der Waals surface area (Å²) in [7, 11) is 0. The van der Waals surface area contributed by atoms with Gasteiger partial charge in [0.15, 0.2) is 0 Å². The number of carbonyl (C=O) groups is 1. The molecule has 21 heavy (non-hydrogen) atoms. The van der Waals surface area contributed by atoms with E-state index in [1.165, 1.54) is 18.4 Å². The summed E-state index contributed by atoms with van der Waals surface area (Å²) in [6, 6.07) is 0.630. The lowest BCUT2D eigenvalue weighted by Crippen LogP contribution is -2.60. The monoisotopic (exact) mass is 295 g/mol. The molecule has 0 aromatic rings. The SMILES string of the molecule is C[C@@H]1CN(C(=O)NCC2=CCCCC2)C[C@H](C)N1CCO. The number of nitrogens with zero attached hydrogens (tertiary/aromatic N) is 2. The first kappa shape index (κ1) is 16.3. The summed E-state index contributed by atoms with van der Waals surface area (Å²) in [6.45, 7) is 7.26. The van der Waals surface area contributed by atoms with Crippen LogP contribution in [-0.4, -0.2) is 65.8 Å². The van der Waals surface area contributed by atoms with Gasteiger partial charge in [-0.3, -0.25) is 4.90 Å². The number of piperazine rings is 1. The highest BCUT2D eigenvalue weighted by Gasteiger charge is 2.31. The summed E-state index contributed by atoms with van der Waals surface area (Å²) in [5.74, 6) is 0. The fourth-order valence-corrected chi connectivity index (χ4v) is 3.44. The zero-order chi connectivity index (χ0) is 15.2. The third-order valence-electron chi connectivity index (χ3n) is 4.60. The molecule has 120 valence electrons. The average molecular weight is 295 g/mol. The Morgan fingerprint density at radius 3 is 2.62 bits per heavy atom. The predicted molar refractivity (Wildman–Crippen MR) is 84.2 cm³/mol. The van der Waals surface area contributed by atoms with E-state index in [2.05, 4.69) is 30.1 Å². The zero-order valence-electron chi connectivity index (χ0n) is 13.3. The molecule has 2 rings (SSSR count). The molecule has 0 spiro atoms. The molecule has 0 aromatic carbocycles. The van der Waals surface area contributed by atoms with Crippen LogP contribution in [0.15, 0.2) is 11.6 Å². The van der Waals surface area contributed by atoms with Crippen molar-refractivity contribution >= 4 is 6.03 Å². The average Bonchev–Trinajstić information content (AvgIpc) is 2.49. The maximum absolute atomic E-state index is 12.3. The van der Waals surface area contributed by atoms with E-state index in [1.807, 2.05) is 4.90 Å². The number of aliphatic hydroxyl groups is 1. The lowest BCUT2D eigenvalue weighted by Gasteiger charge is -2.44. The van der Waals surface area contributed by atoms with Gasteiger partial charge in [-0.25, -0.2) is 4.79 Å². The molecule has 2 aliphatic rings. The van der Waals surface area contributed by atoms with E-state index in [0.717, 1.165) is 25.9 Å². The molecule has 0 saturated carbocycles. The van der Waals surface area contributed by atoms with Gasteiger partial charge in [0.2, 0.25) is 0 Å². The largest absolute Gasteiger partial charge is 0.395 e. The number of allylic oxidation sites excluding steroid dienone is 1. The summed E-state index contributed by atoms with van der Waals surface area (Å²) < 4.78 is 0. The smallest absolute Gasteiger partial charge is 0.317 e. The van der Waals surface area contributed by atoms with Crippen molar-refractivity contribution in [2.45, 2.75) is 51.6 Å². The molecule has 0 aromatic heterocycles. The van der Waals surface area contributed by atoms with Crippen LogP contribution >= 0.6 is 0 Å². The van der Waals surface area contributed by atoms with E-state index in [-0.39, 0.29) is 12.6 Å². The molecule has 5 nitrogen and oxygen atoms in total. The number of amides is 2. The molecule has 1 aliphatic heterocycles. The minimum absolute atomic E-state index is 0.0452. The first-order valence-corrected chi connectivity index (χ1v) is 8.19.